The minimum Gasteiger partial charge on any atom is -0.379 e. The molecule has 0 aromatic carbocycles. The fourth-order valence-corrected chi connectivity index (χ4v) is 5.36. The predicted octanol–water partition coefficient (Wildman–Crippen LogP) is 3.28. The maximum absolute atomic E-state index is 13.5. The number of aryl methyl sites for hydroxylation is 3. The number of aromatic nitrogens is 4. The molecule has 9 heteroatoms. The minimum absolute atomic E-state index is 0.0792. The second-order valence-corrected chi connectivity index (χ2v) is 9.94. The molecule has 0 aliphatic carbocycles. The van der Waals surface area contributed by atoms with Gasteiger partial charge in [0.25, 0.3) is 11.5 Å². The minimum atomic E-state index is -0.195. The molecule has 0 bridgehead atoms. The molecule has 5 heterocycles. The van der Waals surface area contributed by atoms with Gasteiger partial charge in [-0.25, -0.2) is 0 Å². The number of carbonyl (C=O) groups excluding carboxylic acids is 1. The lowest BCUT2D eigenvalue weighted by atomic mass is 10.0. The van der Waals surface area contributed by atoms with Gasteiger partial charge in [-0.15, -0.1) is 0 Å². The molecule has 1 aliphatic rings. The van der Waals surface area contributed by atoms with Crippen LogP contribution in [0.4, 0.5) is 0 Å². The van der Waals surface area contributed by atoms with Gasteiger partial charge in [0.1, 0.15) is 0 Å². The van der Waals surface area contributed by atoms with Crippen LogP contribution in [0.2, 0.25) is 0 Å². The Morgan fingerprint density at radius 3 is 2.57 bits per heavy atom. The van der Waals surface area contributed by atoms with Gasteiger partial charge in [-0.3, -0.25) is 19.2 Å². The van der Waals surface area contributed by atoms with Crippen LogP contribution in [0.1, 0.15) is 51.4 Å². The van der Waals surface area contributed by atoms with Gasteiger partial charge in [0.15, 0.2) is 0 Å². The first-order valence-corrected chi connectivity index (χ1v) is 12.7. The van der Waals surface area contributed by atoms with Gasteiger partial charge in [-0.1, -0.05) is 0 Å². The molecule has 4 aromatic heterocycles. The summed E-state index contributed by atoms with van der Waals surface area (Å²) in [4.78, 5) is 31.2. The number of fused-ring (bicyclic) bond motifs is 1. The molecular weight excluding hydrogens is 468 g/mol. The number of ether oxygens (including phenoxy) is 1. The number of nitrogens with zero attached hydrogens (tertiary/aromatic N) is 4. The van der Waals surface area contributed by atoms with E-state index in [1.54, 1.807) is 4.68 Å². The summed E-state index contributed by atoms with van der Waals surface area (Å²) in [5.74, 6) is -0.195. The molecule has 2 N–H and O–H groups in total. The largest absolute Gasteiger partial charge is 0.379 e. The highest BCUT2D eigenvalue weighted by molar-refractivity contribution is 5.97. The predicted molar refractivity (Wildman–Crippen MR) is 143 cm³/mol. The molecular formula is C28H34N6O3. The van der Waals surface area contributed by atoms with Crippen molar-refractivity contribution in [1.82, 2.24) is 29.4 Å². The van der Waals surface area contributed by atoms with Crippen molar-refractivity contribution in [3.05, 3.63) is 80.8 Å². The van der Waals surface area contributed by atoms with Crippen LogP contribution in [-0.4, -0.2) is 56.3 Å². The quantitative estimate of drug-likeness (QED) is 0.422. The van der Waals surface area contributed by atoms with Gasteiger partial charge in [0.05, 0.1) is 19.4 Å². The number of morpholine rings is 1. The lowest BCUT2D eigenvalue weighted by Gasteiger charge is -2.34. The van der Waals surface area contributed by atoms with Crippen LogP contribution in [-0.2, 0) is 18.3 Å². The molecule has 1 aliphatic heterocycles. The lowest BCUT2D eigenvalue weighted by Crippen LogP contribution is -2.39. The van der Waals surface area contributed by atoms with E-state index in [9.17, 15) is 9.59 Å². The molecule has 4 aromatic rings. The summed E-state index contributed by atoms with van der Waals surface area (Å²) < 4.78 is 9.56. The Hall–Kier alpha value is -3.69. The molecule has 9 nitrogen and oxygen atoms in total. The molecule has 1 fully saturated rings. The Labute approximate surface area is 216 Å². The first kappa shape index (κ1) is 25.0. The Balaban J connectivity index is 1.55. The summed E-state index contributed by atoms with van der Waals surface area (Å²) in [5.41, 5.74) is 7.68. The molecule has 0 spiro atoms. The van der Waals surface area contributed by atoms with Crippen LogP contribution >= 0.6 is 0 Å². The molecule has 1 unspecified atom stereocenters. The first-order valence-electron chi connectivity index (χ1n) is 12.7. The standard InChI is InChI=1S/C28H34N6O3/c1-17-10-18(2)31-28(36)25(17)14-29-27(35)24-12-23-11-21(22-13-30-32(5)15-22)16-34(23)26(19(24)3)20(4)33-6-8-37-9-7-33/h10-13,15-16,20H,6-9,14H2,1-5H3,(H,29,35)(H,31,36). The van der Waals surface area contributed by atoms with E-state index >= 15 is 0 Å². The van der Waals surface area contributed by atoms with Crippen LogP contribution < -0.4 is 10.9 Å². The second-order valence-electron chi connectivity index (χ2n) is 9.94. The Bertz CT molecular complexity index is 1520. The fourth-order valence-electron chi connectivity index (χ4n) is 5.36. The second kappa shape index (κ2) is 9.99. The maximum Gasteiger partial charge on any atom is 0.253 e. The van der Waals surface area contributed by atoms with E-state index in [0.29, 0.717) is 24.3 Å². The molecule has 0 radical (unpaired) electrons. The van der Waals surface area contributed by atoms with Crippen LogP contribution in [0, 0.1) is 20.8 Å². The van der Waals surface area contributed by atoms with Gasteiger partial charge in [-0.2, -0.15) is 5.10 Å². The Kier molecular flexibility index (Phi) is 6.74. The average Bonchev–Trinajstić information content (AvgIpc) is 3.49. The topological polar surface area (TPSA) is 96.7 Å². The van der Waals surface area contributed by atoms with Crippen molar-refractivity contribution in [3.8, 4) is 11.1 Å². The Morgan fingerprint density at radius 2 is 1.89 bits per heavy atom. The fraction of sp³-hybridized carbons (Fsp3) is 0.393. The van der Waals surface area contributed by atoms with E-state index < -0.39 is 0 Å². The highest BCUT2D eigenvalue weighted by atomic mass is 16.5. The summed E-state index contributed by atoms with van der Waals surface area (Å²) in [6, 6.07) is 6.03. The number of hydrogen-bond donors (Lipinski definition) is 2. The number of pyridine rings is 2. The van der Waals surface area contributed by atoms with Crippen LogP contribution in [0.15, 0.2) is 41.6 Å². The number of aromatic amines is 1. The summed E-state index contributed by atoms with van der Waals surface area (Å²) in [7, 11) is 1.90. The van der Waals surface area contributed by atoms with Gasteiger partial charge in [0.2, 0.25) is 0 Å². The van der Waals surface area contributed by atoms with E-state index in [1.807, 2.05) is 52.3 Å². The van der Waals surface area contributed by atoms with Crippen LogP contribution in [0.25, 0.3) is 16.6 Å². The van der Waals surface area contributed by atoms with Crippen molar-refractivity contribution >= 4 is 11.4 Å². The van der Waals surface area contributed by atoms with Gasteiger partial charge < -0.3 is 19.4 Å². The normalized spacial score (nSPS) is 15.3. The van der Waals surface area contributed by atoms with Crippen molar-refractivity contribution in [2.45, 2.75) is 40.3 Å². The summed E-state index contributed by atoms with van der Waals surface area (Å²) in [6.45, 7) is 11.2. The first-order chi connectivity index (χ1) is 17.7. The molecule has 194 valence electrons. The number of rotatable bonds is 6. The number of amides is 1. The van der Waals surface area contributed by atoms with Crippen LogP contribution in [0.3, 0.4) is 0 Å². The van der Waals surface area contributed by atoms with Gasteiger partial charge in [0, 0.05) is 84.3 Å². The molecule has 0 saturated carbocycles. The smallest absolute Gasteiger partial charge is 0.253 e. The van der Waals surface area contributed by atoms with Crippen molar-refractivity contribution < 1.29 is 9.53 Å². The number of H-pyrrole nitrogens is 1. The van der Waals surface area contributed by atoms with Crippen LogP contribution in [0.5, 0.6) is 0 Å². The van der Waals surface area contributed by atoms with Gasteiger partial charge >= 0.3 is 0 Å². The average molecular weight is 503 g/mol. The van der Waals surface area contributed by atoms with E-state index in [4.69, 9.17) is 4.74 Å². The van der Waals surface area contributed by atoms with E-state index in [2.05, 4.69) is 43.9 Å². The lowest BCUT2D eigenvalue weighted by molar-refractivity contribution is 0.0187. The highest BCUT2D eigenvalue weighted by Crippen LogP contribution is 2.32. The van der Waals surface area contributed by atoms with Crippen molar-refractivity contribution in [2.24, 2.45) is 7.05 Å². The maximum atomic E-state index is 13.5. The number of carbonyl (C=O) groups is 1. The number of hydrogen-bond acceptors (Lipinski definition) is 5. The van der Waals surface area contributed by atoms with E-state index in [1.165, 1.54) is 0 Å². The van der Waals surface area contributed by atoms with Crippen molar-refractivity contribution in [1.29, 1.82) is 0 Å². The summed E-state index contributed by atoms with van der Waals surface area (Å²) in [5, 5.41) is 7.32. The molecule has 1 saturated heterocycles. The zero-order chi connectivity index (χ0) is 26.3. The van der Waals surface area contributed by atoms with E-state index in [-0.39, 0.29) is 24.1 Å². The SMILES string of the molecule is Cc1cc(C)c(CNC(=O)c2cc3cc(-c4cnn(C)c4)cn3c(C(C)N3CCOCC3)c2C)c(=O)[nH]1. The highest BCUT2D eigenvalue weighted by Gasteiger charge is 2.26. The van der Waals surface area contributed by atoms with Crippen molar-refractivity contribution in [3.63, 3.8) is 0 Å². The molecule has 37 heavy (non-hydrogen) atoms. The Morgan fingerprint density at radius 1 is 1.14 bits per heavy atom. The van der Waals surface area contributed by atoms with E-state index in [0.717, 1.165) is 52.2 Å². The zero-order valence-corrected chi connectivity index (χ0v) is 22.1. The third kappa shape index (κ3) is 4.84. The summed E-state index contributed by atoms with van der Waals surface area (Å²) >= 11 is 0. The van der Waals surface area contributed by atoms with Crippen molar-refractivity contribution in [2.75, 3.05) is 26.3 Å². The third-order valence-electron chi connectivity index (χ3n) is 7.38. The molecule has 5 rings (SSSR count). The van der Waals surface area contributed by atoms with Gasteiger partial charge in [-0.05, 0) is 57.0 Å². The summed E-state index contributed by atoms with van der Waals surface area (Å²) in [6.07, 6.45) is 5.96. The monoisotopic (exact) mass is 502 g/mol. The molecule has 1 atom stereocenters. The third-order valence-corrected chi connectivity index (χ3v) is 7.38. The molecule has 1 amide bonds. The zero-order valence-electron chi connectivity index (χ0n) is 22.1. The number of nitrogens with one attached hydrogen (secondary N) is 2.